The van der Waals surface area contributed by atoms with E-state index in [1.54, 1.807) is 13.0 Å². The molecular formula is C35H38N2O2. The molecule has 0 radical (unpaired) electrons. The Bertz CT molecular complexity index is 1630. The van der Waals surface area contributed by atoms with Crippen LogP contribution in [-0.4, -0.2) is 16.7 Å². The van der Waals surface area contributed by atoms with Gasteiger partial charge >= 0.3 is 0 Å². The van der Waals surface area contributed by atoms with Crippen molar-refractivity contribution in [3.05, 3.63) is 101 Å². The van der Waals surface area contributed by atoms with E-state index in [9.17, 15) is 9.59 Å². The van der Waals surface area contributed by atoms with E-state index < -0.39 is 6.04 Å². The average molecular weight is 519 g/mol. The smallest absolute Gasteiger partial charge is 0.224 e. The van der Waals surface area contributed by atoms with Crippen molar-refractivity contribution < 1.29 is 9.59 Å². The van der Waals surface area contributed by atoms with Gasteiger partial charge in [0.05, 0.1) is 17.4 Å². The van der Waals surface area contributed by atoms with Crippen molar-refractivity contribution in [3.63, 3.8) is 0 Å². The van der Waals surface area contributed by atoms with Crippen LogP contribution in [0.5, 0.6) is 0 Å². The van der Waals surface area contributed by atoms with Crippen LogP contribution in [-0.2, 0) is 10.2 Å². The molecule has 0 aliphatic heterocycles. The lowest BCUT2D eigenvalue weighted by atomic mass is 9.71. The summed E-state index contributed by atoms with van der Waals surface area (Å²) >= 11 is 0. The number of rotatable bonds is 3. The molecule has 0 bridgehead atoms. The van der Waals surface area contributed by atoms with Crippen molar-refractivity contribution in [3.8, 4) is 11.3 Å². The van der Waals surface area contributed by atoms with Gasteiger partial charge in [-0.2, -0.15) is 0 Å². The molecule has 0 saturated heterocycles. The first-order chi connectivity index (χ1) is 18.3. The molecule has 4 aromatic rings. The summed E-state index contributed by atoms with van der Waals surface area (Å²) in [7, 11) is 0. The van der Waals surface area contributed by atoms with Crippen LogP contribution in [0.4, 0.5) is 5.69 Å². The van der Waals surface area contributed by atoms with Crippen molar-refractivity contribution in [2.24, 2.45) is 5.41 Å². The lowest BCUT2D eigenvalue weighted by Gasteiger charge is -2.42. The summed E-state index contributed by atoms with van der Waals surface area (Å²) in [6.45, 7) is 16.5. The molecule has 0 fully saturated rings. The van der Waals surface area contributed by atoms with Gasteiger partial charge < -0.3 is 4.98 Å². The number of aromatic nitrogens is 1. The number of nitrogens with zero attached hydrogens (tertiary/aromatic N) is 1. The van der Waals surface area contributed by atoms with Gasteiger partial charge in [-0.15, -0.1) is 0 Å². The van der Waals surface area contributed by atoms with Crippen LogP contribution in [0, 0.1) is 12.3 Å². The molecule has 1 aliphatic carbocycles. The summed E-state index contributed by atoms with van der Waals surface area (Å²) < 4.78 is 0. The number of aromatic amines is 1. The maximum Gasteiger partial charge on any atom is 0.224 e. The van der Waals surface area contributed by atoms with Crippen LogP contribution < -0.4 is 4.90 Å². The highest BCUT2D eigenvalue weighted by Crippen LogP contribution is 2.50. The zero-order valence-corrected chi connectivity index (χ0v) is 24.3. The molecule has 0 unspecified atom stereocenters. The molecule has 1 amide bonds. The number of carbonyl (C=O) groups is 2. The molecular weight excluding hydrogens is 480 g/mol. The van der Waals surface area contributed by atoms with E-state index in [4.69, 9.17) is 0 Å². The Morgan fingerprint density at radius 1 is 0.846 bits per heavy atom. The molecule has 4 nitrogen and oxygen atoms in total. The number of fused-ring (bicyclic) bond motifs is 2. The zero-order chi connectivity index (χ0) is 28.3. The van der Waals surface area contributed by atoms with Crippen molar-refractivity contribution >= 4 is 28.3 Å². The molecule has 1 N–H and O–H groups in total. The fourth-order valence-electron chi connectivity index (χ4n) is 6.12. The number of amides is 1. The normalized spacial score (nSPS) is 15.7. The maximum absolute atomic E-state index is 13.8. The molecule has 0 spiro atoms. The number of allylic oxidation sites excluding steroid dienone is 1. The predicted octanol–water partition coefficient (Wildman–Crippen LogP) is 8.70. The van der Waals surface area contributed by atoms with Crippen molar-refractivity contribution in [2.75, 3.05) is 4.90 Å². The first kappa shape index (κ1) is 26.7. The first-order valence-electron chi connectivity index (χ1n) is 13.7. The lowest BCUT2D eigenvalue weighted by molar-refractivity contribution is -0.117. The summed E-state index contributed by atoms with van der Waals surface area (Å²) in [6, 6.07) is 22.0. The lowest BCUT2D eigenvalue weighted by Crippen LogP contribution is -2.40. The van der Waals surface area contributed by atoms with Crippen LogP contribution >= 0.6 is 0 Å². The van der Waals surface area contributed by atoms with E-state index >= 15 is 0 Å². The monoisotopic (exact) mass is 518 g/mol. The van der Waals surface area contributed by atoms with Crippen LogP contribution in [0.15, 0.2) is 78.4 Å². The highest BCUT2D eigenvalue weighted by atomic mass is 16.2. The van der Waals surface area contributed by atoms with Gasteiger partial charge in [-0.3, -0.25) is 14.5 Å². The number of anilines is 1. The highest BCUT2D eigenvalue weighted by molar-refractivity contribution is 6.13. The number of hydrogen-bond acceptors (Lipinski definition) is 2. The second kappa shape index (κ2) is 9.37. The summed E-state index contributed by atoms with van der Waals surface area (Å²) in [6.07, 6.45) is 1.79. The maximum atomic E-state index is 13.8. The Kier molecular flexibility index (Phi) is 6.41. The minimum absolute atomic E-state index is 0.0143. The SMILES string of the molecule is CC(=O)N(c1c(-c2ccccc2)[nH]c2ccccc12)[C@@H]1C(C(C)(C)C)=CC(=O)c2c1ccc(C(C)(C)C)c2C. The van der Waals surface area contributed by atoms with Gasteiger partial charge in [-0.05, 0) is 52.2 Å². The summed E-state index contributed by atoms with van der Waals surface area (Å²) in [5.74, 6) is -0.0598. The third kappa shape index (κ3) is 4.52. The zero-order valence-electron chi connectivity index (χ0n) is 24.3. The molecule has 39 heavy (non-hydrogen) atoms. The first-order valence-corrected chi connectivity index (χ1v) is 13.7. The highest BCUT2D eigenvalue weighted by Gasteiger charge is 2.41. The number of nitrogens with one attached hydrogen (secondary N) is 1. The molecule has 3 aromatic carbocycles. The van der Waals surface area contributed by atoms with Crippen molar-refractivity contribution in [1.29, 1.82) is 0 Å². The Morgan fingerprint density at radius 3 is 2.10 bits per heavy atom. The minimum atomic E-state index is -0.426. The topological polar surface area (TPSA) is 53.2 Å². The van der Waals surface area contributed by atoms with Gasteiger partial charge in [0.2, 0.25) is 5.91 Å². The Labute approximate surface area is 231 Å². The molecule has 4 heteroatoms. The molecule has 0 saturated carbocycles. The predicted molar refractivity (Wildman–Crippen MR) is 161 cm³/mol. The average Bonchev–Trinajstić information content (AvgIpc) is 3.23. The van der Waals surface area contributed by atoms with Gasteiger partial charge in [-0.1, -0.05) is 102 Å². The minimum Gasteiger partial charge on any atom is -0.353 e. The number of hydrogen-bond donors (Lipinski definition) is 1. The van der Waals surface area contributed by atoms with Gasteiger partial charge in [0.25, 0.3) is 0 Å². The number of carbonyl (C=O) groups excluding carboxylic acids is 2. The number of H-pyrrole nitrogens is 1. The van der Waals surface area contributed by atoms with Gasteiger partial charge in [-0.25, -0.2) is 0 Å². The number of para-hydroxylation sites is 1. The van der Waals surface area contributed by atoms with E-state index in [2.05, 4.69) is 76.9 Å². The second-order valence-electron chi connectivity index (χ2n) is 12.7. The molecule has 1 aliphatic rings. The Hall–Kier alpha value is -3.92. The number of benzene rings is 3. The summed E-state index contributed by atoms with van der Waals surface area (Å²) in [4.78, 5) is 33.1. The molecule has 1 atom stereocenters. The second-order valence-corrected chi connectivity index (χ2v) is 12.7. The third-order valence-electron chi connectivity index (χ3n) is 7.87. The quantitative estimate of drug-likeness (QED) is 0.295. The van der Waals surface area contributed by atoms with E-state index in [1.165, 1.54) is 0 Å². The number of ketones is 1. The van der Waals surface area contributed by atoms with Gasteiger partial charge in [0.1, 0.15) is 0 Å². The van der Waals surface area contributed by atoms with Crippen molar-refractivity contribution in [2.45, 2.75) is 66.8 Å². The van der Waals surface area contributed by atoms with Gasteiger partial charge in [0, 0.05) is 29.0 Å². The van der Waals surface area contributed by atoms with Crippen LogP contribution in [0.25, 0.3) is 22.2 Å². The third-order valence-corrected chi connectivity index (χ3v) is 7.87. The van der Waals surface area contributed by atoms with E-state index in [1.807, 2.05) is 48.2 Å². The molecule has 5 rings (SSSR count). The van der Waals surface area contributed by atoms with Crippen LogP contribution in [0.1, 0.15) is 81.6 Å². The molecule has 1 aromatic heterocycles. The Balaban J connectivity index is 1.86. The summed E-state index contributed by atoms with van der Waals surface area (Å²) in [5.41, 5.74) is 7.91. The van der Waals surface area contributed by atoms with Crippen molar-refractivity contribution in [1.82, 2.24) is 4.98 Å². The van der Waals surface area contributed by atoms with Crippen LogP contribution in [0.2, 0.25) is 0 Å². The Morgan fingerprint density at radius 2 is 1.49 bits per heavy atom. The van der Waals surface area contributed by atoms with Crippen LogP contribution in [0.3, 0.4) is 0 Å². The largest absolute Gasteiger partial charge is 0.353 e. The van der Waals surface area contributed by atoms with E-state index in [-0.39, 0.29) is 22.5 Å². The fraction of sp³-hybridized carbons (Fsp3) is 0.314. The fourth-order valence-corrected chi connectivity index (χ4v) is 6.12. The standard InChI is InChI=1S/C35H38N2O2/c1-21-26(34(3,4)5)19-18-25-30(21)29(39)20-27(35(6,7)8)32(25)37(22(2)38)33-24-16-12-13-17-28(24)36-31(33)23-14-10-9-11-15-23/h9-20,32,36H,1-8H3/t32-/m0/s1. The molecule has 200 valence electrons. The van der Waals surface area contributed by atoms with E-state index in [0.29, 0.717) is 5.56 Å². The molecule has 1 heterocycles. The summed E-state index contributed by atoms with van der Waals surface area (Å²) in [5, 5.41) is 0.973. The van der Waals surface area contributed by atoms with Gasteiger partial charge in [0.15, 0.2) is 5.78 Å². The van der Waals surface area contributed by atoms with E-state index in [0.717, 1.165) is 50.1 Å².